The number of carbonyl (C=O) groups is 1. The van der Waals surface area contributed by atoms with Crippen molar-refractivity contribution in [3.05, 3.63) is 34.1 Å². The van der Waals surface area contributed by atoms with Crippen LogP contribution < -0.4 is 5.32 Å². The molecule has 0 saturated heterocycles. The monoisotopic (exact) mass is 317 g/mol. The summed E-state index contributed by atoms with van der Waals surface area (Å²) in [6.45, 7) is 3.04. The van der Waals surface area contributed by atoms with Crippen molar-refractivity contribution in [2.45, 2.75) is 26.3 Å². The zero-order chi connectivity index (χ0) is 13.4. The topological polar surface area (TPSA) is 38.3 Å². The molecule has 0 aliphatic heterocycles. The van der Waals surface area contributed by atoms with Gasteiger partial charge in [-0.3, -0.25) is 4.79 Å². The largest absolute Gasteiger partial charge is 0.465 e. The molecule has 3 nitrogen and oxygen atoms in total. The lowest BCUT2D eigenvalue weighted by molar-refractivity contribution is -0.142. The number of benzene rings is 1. The highest BCUT2D eigenvalue weighted by molar-refractivity contribution is 9.10. The van der Waals surface area contributed by atoms with E-state index in [4.69, 9.17) is 4.74 Å². The van der Waals surface area contributed by atoms with Crippen LogP contribution in [0.5, 0.6) is 0 Å². The van der Waals surface area contributed by atoms with Crippen LogP contribution >= 0.6 is 15.9 Å². The summed E-state index contributed by atoms with van der Waals surface area (Å²) in [5.41, 5.74) is 0.774. The van der Waals surface area contributed by atoms with Crippen LogP contribution in [0.4, 0.5) is 4.39 Å². The SMILES string of the molecule is CCCCOC(=O)CNCc1cc(F)ccc1Br. The van der Waals surface area contributed by atoms with Crippen LogP contribution in [0.1, 0.15) is 25.3 Å². The van der Waals surface area contributed by atoms with Gasteiger partial charge < -0.3 is 10.1 Å². The third kappa shape index (κ3) is 5.60. The predicted molar refractivity (Wildman–Crippen MR) is 71.7 cm³/mol. The molecule has 18 heavy (non-hydrogen) atoms. The number of unbranched alkanes of at least 4 members (excludes halogenated alkanes) is 1. The first-order valence-corrected chi connectivity index (χ1v) is 6.73. The molecule has 1 aromatic rings. The maximum atomic E-state index is 13.0. The van der Waals surface area contributed by atoms with Crippen LogP contribution in [-0.4, -0.2) is 19.1 Å². The first-order valence-electron chi connectivity index (χ1n) is 5.93. The van der Waals surface area contributed by atoms with Gasteiger partial charge in [0.25, 0.3) is 0 Å². The Bertz CT molecular complexity index is 399. The van der Waals surface area contributed by atoms with Gasteiger partial charge >= 0.3 is 5.97 Å². The number of nitrogens with one attached hydrogen (secondary N) is 1. The molecule has 0 bridgehead atoms. The van der Waals surface area contributed by atoms with Crippen LogP contribution in [0.15, 0.2) is 22.7 Å². The average Bonchev–Trinajstić information content (AvgIpc) is 2.34. The first kappa shape index (κ1) is 15.1. The number of rotatable bonds is 7. The van der Waals surface area contributed by atoms with E-state index in [1.165, 1.54) is 12.1 Å². The number of hydrogen-bond donors (Lipinski definition) is 1. The van der Waals surface area contributed by atoms with Crippen LogP contribution in [0.2, 0.25) is 0 Å². The van der Waals surface area contributed by atoms with Crippen LogP contribution in [0.3, 0.4) is 0 Å². The fraction of sp³-hybridized carbons (Fsp3) is 0.462. The van der Waals surface area contributed by atoms with Gasteiger partial charge in [0.15, 0.2) is 0 Å². The summed E-state index contributed by atoms with van der Waals surface area (Å²) in [4.78, 5) is 11.3. The lowest BCUT2D eigenvalue weighted by Crippen LogP contribution is -2.24. The molecule has 0 heterocycles. The van der Waals surface area contributed by atoms with E-state index < -0.39 is 0 Å². The molecule has 0 spiro atoms. The van der Waals surface area contributed by atoms with Gasteiger partial charge in [-0.05, 0) is 30.2 Å². The highest BCUT2D eigenvalue weighted by Gasteiger charge is 2.04. The molecule has 0 aliphatic rings. The van der Waals surface area contributed by atoms with E-state index in [1.54, 1.807) is 6.07 Å². The molecule has 1 aromatic carbocycles. The summed E-state index contributed by atoms with van der Waals surface area (Å²) < 4.78 is 18.8. The normalized spacial score (nSPS) is 10.4. The van der Waals surface area contributed by atoms with E-state index in [1.807, 2.05) is 6.92 Å². The maximum absolute atomic E-state index is 13.0. The van der Waals surface area contributed by atoms with Gasteiger partial charge in [0.05, 0.1) is 13.2 Å². The van der Waals surface area contributed by atoms with Crippen molar-refractivity contribution in [3.8, 4) is 0 Å². The zero-order valence-corrected chi connectivity index (χ0v) is 11.9. The first-order chi connectivity index (χ1) is 8.63. The van der Waals surface area contributed by atoms with Gasteiger partial charge in [-0.2, -0.15) is 0 Å². The maximum Gasteiger partial charge on any atom is 0.319 e. The van der Waals surface area contributed by atoms with Crippen molar-refractivity contribution in [2.75, 3.05) is 13.2 Å². The average molecular weight is 318 g/mol. The van der Waals surface area contributed by atoms with E-state index in [0.717, 1.165) is 22.9 Å². The Kier molecular flexibility index (Phi) is 6.90. The van der Waals surface area contributed by atoms with Crippen LogP contribution in [-0.2, 0) is 16.1 Å². The van der Waals surface area contributed by atoms with E-state index in [-0.39, 0.29) is 18.3 Å². The molecule has 1 rings (SSSR count). The second kappa shape index (κ2) is 8.21. The molecule has 0 radical (unpaired) electrons. The number of carbonyl (C=O) groups excluding carboxylic acids is 1. The fourth-order valence-corrected chi connectivity index (χ4v) is 1.75. The highest BCUT2D eigenvalue weighted by Crippen LogP contribution is 2.17. The van der Waals surface area contributed by atoms with Gasteiger partial charge in [0.2, 0.25) is 0 Å². The Balaban J connectivity index is 2.28. The number of ether oxygens (including phenoxy) is 1. The van der Waals surface area contributed by atoms with Gasteiger partial charge in [-0.25, -0.2) is 4.39 Å². The number of esters is 1. The van der Waals surface area contributed by atoms with Crippen molar-refractivity contribution in [3.63, 3.8) is 0 Å². The van der Waals surface area contributed by atoms with E-state index >= 15 is 0 Å². The molecular weight excluding hydrogens is 301 g/mol. The summed E-state index contributed by atoms with van der Waals surface area (Å²) in [6.07, 6.45) is 1.87. The Hall–Kier alpha value is -0.940. The summed E-state index contributed by atoms with van der Waals surface area (Å²) in [5, 5.41) is 2.93. The van der Waals surface area contributed by atoms with E-state index in [0.29, 0.717) is 13.2 Å². The molecular formula is C13H17BrFNO2. The fourth-order valence-electron chi connectivity index (χ4n) is 1.36. The van der Waals surface area contributed by atoms with Gasteiger partial charge in [-0.1, -0.05) is 29.3 Å². The summed E-state index contributed by atoms with van der Waals surface area (Å²) in [7, 11) is 0. The minimum atomic E-state index is -0.291. The molecule has 1 N–H and O–H groups in total. The molecule has 100 valence electrons. The van der Waals surface area contributed by atoms with Gasteiger partial charge in [-0.15, -0.1) is 0 Å². The molecule has 5 heteroatoms. The van der Waals surface area contributed by atoms with Gasteiger partial charge in [0.1, 0.15) is 5.82 Å². The minimum Gasteiger partial charge on any atom is -0.465 e. The molecule has 0 aromatic heterocycles. The second-order valence-electron chi connectivity index (χ2n) is 3.91. The summed E-state index contributed by atoms with van der Waals surface area (Å²) >= 11 is 3.33. The van der Waals surface area contributed by atoms with E-state index in [2.05, 4.69) is 21.2 Å². The Morgan fingerprint density at radius 2 is 2.28 bits per heavy atom. The zero-order valence-electron chi connectivity index (χ0n) is 10.3. The number of hydrogen-bond acceptors (Lipinski definition) is 3. The van der Waals surface area contributed by atoms with Crippen LogP contribution in [0, 0.1) is 5.82 Å². The molecule has 0 atom stereocenters. The second-order valence-corrected chi connectivity index (χ2v) is 4.77. The van der Waals surface area contributed by atoms with Crippen molar-refractivity contribution in [1.82, 2.24) is 5.32 Å². The van der Waals surface area contributed by atoms with Crippen LogP contribution in [0.25, 0.3) is 0 Å². The van der Waals surface area contributed by atoms with Crippen molar-refractivity contribution < 1.29 is 13.9 Å². The highest BCUT2D eigenvalue weighted by atomic mass is 79.9. The Morgan fingerprint density at radius 3 is 3.00 bits per heavy atom. The third-order valence-corrected chi connectivity index (χ3v) is 3.13. The Labute approximate surface area is 115 Å². The van der Waals surface area contributed by atoms with E-state index in [9.17, 15) is 9.18 Å². The lowest BCUT2D eigenvalue weighted by Gasteiger charge is -2.07. The van der Waals surface area contributed by atoms with Gasteiger partial charge in [0, 0.05) is 11.0 Å². The van der Waals surface area contributed by atoms with Crippen molar-refractivity contribution >= 4 is 21.9 Å². The number of halogens is 2. The molecule has 0 saturated carbocycles. The molecule has 0 amide bonds. The summed E-state index contributed by atoms with van der Waals surface area (Å²) in [5.74, 6) is -0.573. The molecule has 0 fully saturated rings. The van der Waals surface area contributed by atoms with Crippen molar-refractivity contribution in [1.29, 1.82) is 0 Å². The summed E-state index contributed by atoms with van der Waals surface area (Å²) in [6, 6.07) is 4.46. The predicted octanol–water partition coefficient (Wildman–Crippen LogP) is 3.02. The Morgan fingerprint density at radius 1 is 1.50 bits per heavy atom. The quantitative estimate of drug-likeness (QED) is 0.620. The van der Waals surface area contributed by atoms with Crippen molar-refractivity contribution in [2.24, 2.45) is 0 Å². The smallest absolute Gasteiger partial charge is 0.319 e. The standard InChI is InChI=1S/C13H17BrFNO2/c1-2-3-6-18-13(17)9-16-8-10-7-11(15)4-5-12(10)14/h4-5,7,16H,2-3,6,8-9H2,1H3. The third-order valence-electron chi connectivity index (χ3n) is 2.35. The molecule has 0 unspecified atom stereocenters. The molecule has 0 aliphatic carbocycles. The lowest BCUT2D eigenvalue weighted by atomic mass is 10.2. The minimum absolute atomic E-state index is 0.132.